The first-order valence-electron chi connectivity index (χ1n) is 7.87. The van der Waals surface area contributed by atoms with Crippen molar-refractivity contribution in [1.29, 1.82) is 0 Å². The van der Waals surface area contributed by atoms with Crippen LogP contribution in [0.25, 0.3) is 0 Å². The lowest BCUT2D eigenvalue weighted by molar-refractivity contribution is -0.140. The van der Waals surface area contributed by atoms with Crippen molar-refractivity contribution >= 4 is 25.5 Å². The molecule has 12 heteroatoms. The molecule has 7 nitrogen and oxygen atoms in total. The third kappa shape index (κ3) is 3.83. The van der Waals surface area contributed by atoms with Gasteiger partial charge in [-0.15, -0.1) is 0 Å². The topological polar surface area (TPSA) is 111 Å². The zero-order chi connectivity index (χ0) is 21.1. The minimum atomic E-state index is -5.31. The number of halogens is 3. The Morgan fingerprint density at radius 3 is 2.18 bits per heavy atom. The zero-order valence-corrected chi connectivity index (χ0v) is 16.2. The van der Waals surface area contributed by atoms with Gasteiger partial charge in [-0.25, -0.2) is 16.8 Å². The molecule has 1 aromatic carbocycles. The van der Waals surface area contributed by atoms with Crippen molar-refractivity contribution < 1.29 is 39.3 Å². The molecule has 2 aromatic rings. The Labute approximate surface area is 158 Å². The number of alkyl halides is 3. The highest BCUT2D eigenvalue weighted by Gasteiger charge is 2.43. The van der Waals surface area contributed by atoms with Crippen LogP contribution in [-0.2, 0) is 25.9 Å². The van der Waals surface area contributed by atoms with Crippen molar-refractivity contribution in [3.63, 3.8) is 0 Å². The Balaban J connectivity index is 2.30. The van der Waals surface area contributed by atoms with Crippen LogP contribution in [0.4, 0.5) is 13.2 Å². The molecule has 0 spiro atoms. The monoisotopic (exact) mass is 437 g/mol. The van der Waals surface area contributed by atoms with Gasteiger partial charge in [0, 0.05) is 30.1 Å². The van der Waals surface area contributed by atoms with Crippen LogP contribution in [0.5, 0.6) is 0 Å². The standard InChI is InChI=1S/C16H14F3NO6S2/c1-27(22,23)12-6-5-9(13(16(17,18)19)15(12)28(2,24)25)14(21)10-7-11(26-20-10)8-3-4-8/h5-8H,3-4H2,1-2H3. The second-order valence-corrected chi connectivity index (χ2v) is 10.5. The normalized spacial score (nSPS) is 15.6. The molecule has 0 N–H and O–H groups in total. The quantitative estimate of drug-likeness (QED) is 0.661. The number of hydrogen-bond acceptors (Lipinski definition) is 7. The van der Waals surface area contributed by atoms with Crippen LogP contribution in [0.2, 0.25) is 0 Å². The third-order valence-corrected chi connectivity index (χ3v) is 6.59. The van der Waals surface area contributed by atoms with Crippen molar-refractivity contribution in [3.05, 3.63) is 40.8 Å². The van der Waals surface area contributed by atoms with E-state index in [9.17, 15) is 34.8 Å². The van der Waals surface area contributed by atoms with Crippen molar-refractivity contribution in [3.8, 4) is 0 Å². The Morgan fingerprint density at radius 1 is 1.11 bits per heavy atom. The molecule has 0 radical (unpaired) electrons. The van der Waals surface area contributed by atoms with E-state index in [2.05, 4.69) is 5.16 Å². The Hall–Kier alpha value is -2.21. The van der Waals surface area contributed by atoms with Gasteiger partial charge in [0.25, 0.3) is 0 Å². The number of nitrogens with zero attached hydrogens (tertiary/aromatic N) is 1. The molecule has 1 aliphatic rings. The van der Waals surface area contributed by atoms with Crippen molar-refractivity contribution in [1.82, 2.24) is 5.16 Å². The number of hydrogen-bond donors (Lipinski definition) is 0. The van der Waals surface area contributed by atoms with Gasteiger partial charge in [-0.2, -0.15) is 13.2 Å². The van der Waals surface area contributed by atoms with Gasteiger partial charge >= 0.3 is 6.18 Å². The molecule has 1 aromatic heterocycles. The number of sulfone groups is 2. The first-order chi connectivity index (χ1) is 12.7. The summed E-state index contributed by atoms with van der Waals surface area (Å²) in [6.07, 6.45) is -2.68. The first-order valence-corrected chi connectivity index (χ1v) is 11.6. The van der Waals surface area contributed by atoms with Gasteiger partial charge in [-0.1, -0.05) is 5.16 Å². The summed E-state index contributed by atoms with van der Waals surface area (Å²) in [6, 6.07) is 2.53. The molecule has 0 unspecified atom stereocenters. The fourth-order valence-corrected chi connectivity index (χ4v) is 5.48. The lowest BCUT2D eigenvalue weighted by atomic mass is 10.0. The average Bonchev–Trinajstić information content (AvgIpc) is 3.27. The molecule has 0 bridgehead atoms. The zero-order valence-electron chi connectivity index (χ0n) is 14.6. The highest BCUT2D eigenvalue weighted by molar-refractivity contribution is 7.93. The van der Waals surface area contributed by atoms with E-state index in [1.54, 1.807) is 0 Å². The second-order valence-electron chi connectivity index (χ2n) is 6.58. The summed E-state index contributed by atoms with van der Waals surface area (Å²) < 4.78 is 94.2. The molecule has 1 fully saturated rings. The largest absolute Gasteiger partial charge is 0.418 e. The van der Waals surface area contributed by atoms with Gasteiger partial charge in [-0.05, 0) is 25.0 Å². The molecule has 0 saturated heterocycles. The highest BCUT2D eigenvalue weighted by Crippen LogP contribution is 2.42. The van der Waals surface area contributed by atoms with Crippen LogP contribution < -0.4 is 0 Å². The van der Waals surface area contributed by atoms with E-state index in [-0.39, 0.29) is 5.92 Å². The first kappa shape index (κ1) is 20.5. The molecule has 3 rings (SSSR count). The second kappa shape index (κ2) is 6.41. The van der Waals surface area contributed by atoms with Crippen LogP contribution in [0, 0.1) is 0 Å². The highest BCUT2D eigenvalue weighted by atomic mass is 32.2. The van der Waals surface area contributed by atoms with Crippen LogP contribution >= 0.6 is 0 Å². The smallest absolute Gasteiger partial charge is 0.360 e. The summed E-state index contributed by atoms with van der Waals surface area (Å²) in [6.45, 7) is 0. The van der Waals surface area contributed by atoms with Gasteiger partial charge < -0.3 is 4.52 Å². The number of rotatable bonds is 5. The maximum Gasteiger partial charge on any atom is 0.418 e. The van der Waals surface area contributed by atoms with Crippen LogP contribution in [0.1, 0.15) is 46.1 Å². The van der Waals surface area contributed by atoms with E-state index in [0.717, 1.165) is 12.8 Å². The van der Waals surface area contributed by atoms with E-state index in [0.29, 0.717) is 30.4 Å². The number of ketones is 1. The summed E-state index contributed by atoms with van der Waals surface area (Å²) in [5, 5.41) is 3.48. The lowest BCUT2D eigenvalue weighted by Crippen LogP contribution is -2.21. The number of aromatic nitrogens is 1. The molecule has 1 heterocycles. The van der Waals surface area contributed by atoms with E-state index in [1.165, 1.54) is 6.07 Å². The summed E-state index contributed by atoms with van der Waals surface area (Å²) >= 11 is 0. The fraction of sp³-hybridized carbons (Fsp3) is 0.375. The number of carbonyl (C=O) groups is 1. The van der Waals surface area contributed by atoms with Gasteiger partial charge in [-0.3, -0.25) is 4.79 Å². The van der Waals surface area contributed by atoms with E-state index < -0.39 is 58.2 Å². The molecule has 0 amide bonds. The molecule has 1 saturated carbocycles. The molecule has 1 aliphatic carbocycles. The van der Waals surface area contributed by atoms with Crippen LogP contribution in [-0.4, -0.2) is 40.3 Å². The fourth-order valence-electron chi connectivity index (χ4n) is 2.79. The van der Waals surface area contributed by atoms with Gasteiger partial charge in [0.2, 0.25) is 5.78 Å². The minimum absolute atomic E-state index is 0.0512. The summed E-state index contributed by atoms with van der Waals surface area (Å²) in [5.74, 6) is -0.809. The minimum Gasteiger partial charge on any atom is -0.360 e. The Kier molecular flexibility index (Phi) is 4.70. The molecule has 152 valence electrons. The predicted molar refractivity (Wildman–Crippen MR) is 89.6 cm³/mol. The summed E-state index contributed by atoms with van der Waals surface area (Å²) in [7, 11) is -8.99. The average molecular weight is 437 g/mol. The predicted octanol–water partition coefficient (Wildman–Crippen LogP) is 2.61. The van der Waals surface area contributed by atoms with Gasteiger partial charge in [0.1, 0.15) is 5.76 Å². The molecule has 0 atom stereocenters. The Morgan fingerprint density at radius 2 is 1.71 bits per heavy atom. The van der Waals surface area contributed by atoms with Crippen molar-refractivity contribution in [2.24, 2.45) is 0 Å². The van der Waals surface area contributed by atoms with E-state index in [4.69, 9.17) is 4.52 Å². The third-order valence-electron chi connectivity index (χ3n) is 4.16. The number of carbonyl (C=O) groups excluding carboxylic acids is 1. The molecular formula is C16H14F3NO6S2. The molecule has 28 heavy (non-hydrogen) atoms. The van der Waals surface area contributed by atoms with Gasteiger partial charge in [0.05, 0.1) is 15.4 Å². The van der Waals surface area contributed by atoms with Crippen LogP contribution in [0.15, 0.2) is 32.5 Å². The van der Waals surface area contributed by atoms with Gasteiger partial charge in [0.15, 0.2) is 25.4 Å². The van der Waals surface area contributed by atoms with E-state index >= 15 is 0 Å². The lowest BCUT2D eigenvalue weighted by Gasteiger charge is -2.18. The molecular weight excluding hydrogens is 423 g/mol. The van der Waals surface area contributed by atoms with Crippen LogP contribution in [0.3, 0.4) is 0 Å². The van der Waals surface area contributed by atoms with Crippen molar-refractivity contribution in [2.45, 2.75) is 34.7 Å². The van der Waals surface area contributed by atoms with Crippen molar-refractivity contribution in [2.75, 3.05) is 12.5 Å². The number of benzene rings is 1. The maximum absolute atomic E-state index is 13.8. The maximum atomic E-state index is 13.8. The summed E-state index contributed by atoms with van der Waals surface area (Å²) in [5.41, 5.74) is -3.27. The summed E-state index contributed by atoms with van der Waals surface area (Å²) in [4.78, 5) is 10.2. The van der Waals surface area contributed by atoms with E-state index in [1.807, 2.05) is 0 Å². The molecule has 0 aliphatic heterocycles. The Bertz CT molecular complexity index is 1180. The SMILES string of the molecule is CS(=O)(=O)c1ccc(C(=O)c2cc(C3CC3)on2)c(C(F)(F)F)c1S(C)(=O)=O.